The van der Waals surface area contributed by atoms with Gasteiger partial charge < -0.3 is 9.64 Å². The van der Waals surface area contributed by atoms with E-state index >= 15 is 0 Å². The molecular formula is C21H27F3N4O2. The van der Waals surface area contributed by atoms with E-state index in [1.807, 2.05) is 4.90 Å². The second-order valence-electron chi connectivity index (χ2n) is 8.31. The van der Waals surface area contributed by atoms with Crippen LogP contribution in [-0.2, 0) is 22.1 Å². The lowest BCUT2D eigenvalue weighted by atomic mass is 9.86. The molecule has 0 aromatic carbocycles. The molecule has 1 aliphatic heterocycles. The van der Waals surface area contributed by atoms with Gasteiger partial charge in [-0.3, -0.25) is 4.79 Å². The Morgan fingerprint density at radius 3 is 2.77 bits per heavy atom. The van der Waals surface area contributed by atoms with Crippen LogP contribution in [0.1, 0.15) is 62.0 Å². The molecule has 3 atom stereocenters. The van der Waals surface area contributed by atoms with Crippen molar-refractivity contribution < 1.29 is 22.7 Å². The number of carbonyl (C=O) groups is 1. The van der Waals surface area contributed by atoms with Crippen molar-refractivity contribution in [2.75, 3.05) is 20.2 Å². The summed E-state index contributed by atoms with van der Waals surface area (Å²) in [6.45, 7) is 2.86. The highest BCUT2D eigenvalue weighted by Crippen LogP contribution is 2.34. The third-order valence-corrected chi connectivity index (χ3v) is 6.38. The number of nitrogens with zero attached hydrogens (tertiary/aromatic N) is 4. The van der Waals surface area contributed by atoms with Crippen molar-refractivity contribution in [2.45, 2.75) is 63.6 Å². The monoisotopic (exact) mass is 424 g/mol. The van der Waals surface area contributed by atoms with Gasteiger partial charge in [0.15, 0.2) is 5.65 Å². The zero-order chi connectivity index (χ0) is 21.5. The quantitative estimate of drug-likeness (QED) is 0.749. The van der Waals surface area contributed by atoms with Crippen LogP contribution in [0.2, 0.25) is 0 Å². The van der Waals surface area contributed by atoms with Crippen molar-refractivity contribution in [3.63, 3.8) is 0 Å². The van der Waals surface area contributed by atoms with Crippen molar-refractivity contribution in [3.05, 3.63) is 29.2 Å². The Kier molecular flexibility index (Phi) is 5.74. The summed E-state index contributed by atoms with van der Waals surface area (Å²) in [5.41, 5.74) is 0.343. The zero-order valence-corrected chi connectivity index (χ0v) is 17.3. The van der Waals surface area contributed by atoms with Crippen LogP contribution in [0.5, 0.6) is 0 Å². The maximum absolute atomic E-state index is 13.5. The molecule has 0 radical (unpaired) electrons. The van der Waals surface area contributed by atoms with Crippen LogP contribution >= 0.6 is 0 Å². The van der Waals surface area contributed by atoms with Gasteiger partial charge in [0.2, 0.25) is 5.91 Å². The van der Waals surface area contributed by atoms with Gasteiger partial charge in [0.25, 0.3) is 0 Å². The lowest BCUT2D eigenvalue weighted by molar-refractivity contribution is -0.142. The van der Waals surface area contributed by atoms with Crippen LogP contribution in [0.15, 0.2) is 12.1 Å². The Labute approximate surface area is 173 Å². The number of fused-ring (bicyclic) bond motifs is 1. The van der Waals surface area contributed by atoms with E-state index in [0.29, 0.717) is 37.3 Å². The number of halogens is 3. The lowest BCUT2D eigenvalue weighted by Crippen LogP contribution is -2.38. The maximum atomic E-state index is 13.5. The Balaban J connectivity index is 1.53. The summed E-state index contributed by atoms with van der Waals surface area (Å²) >= 11 is 0. The van der Waals surface area contributed by atoms with Crippen molar-refractivity contribution in [2.24, 2.45) is 5.92 Å². The van der Waals surface area contributed by atoms with E-state index in [0.717, 1.165) is 36.3 Å². The topological polar surface area (TPSA) is 59.7 Å². The number of likely N-dealkylation sites (tertiary alicyclic amines) is 1. The fourth-order valence-electron chi connectivity index (χ4n) is 4.67. The normalized spacial score (nSPS) is 25.2. The standard InChI is InChI=1S/C21H27F3N4O2/c1-3-15-10-18(21(22,23)24)28-19(25-15)11-17(26-28)14-7-8-27(12-14)20(29)13-5-4-6-16(9-13)30-2/h10-11,13-14,16H,3-9,12H2,1-2H3/t13-,14+,16+/m0/s1. The fourth-order valence-corrected chi connectivity index (χ4v) is 4.67. The van der Waals surface area contributed by atoms with Crippen molar-refractivity contribution in [1.82, 2.24) is 19.5 Å². The van der Waals surface area contributed by atoms with Gasteiger partial charge in [0.1, 0.15) is 5.69 Å². The van der Waals surface area contributed by atoms with Gasteiger partial charge in [-0.25, -0.2) is 9.50 Å². The van der Waals surface area contributed by atoms with Crippen molar-refractivity contribution >= 4 is 11.6 Å². The van der Waals surface area contributed by atoms with Crippen LogP contribution in [0.3, 0.4) is 0 Å². The summed E-state index contributed by atoms with van der Waals surface area (Å²) in [6, 6.07) is 2.69. The Morgan fingerprint density at radius 1 is 1.27 bits per heavy atom. The molecular weight excluding hydrogens is 397 g/mol. The first-order chi connectivity index (χ1) is 14.3. The number of hydrogen-bond donors (Lipinski definition) is 0. The molecule has 1 saturated carbocycles. The van der Waals surface area contributed by atoms with Crippen LogP contribution in [0.25, 0.3) is 5.65 Å². The summed E-state index contributed by atoms with van der Waals surface area (Å²) in [5.74, 6) is 0.0168. The molecule has 0 spiro atoms. The molecule has 1 amide bonds. The predicted octanol–water partition coefficient (Wildman–Crippen LogP) is 3.83. The molecule has 9 heteroatoms. The number of aryl methyl sites for hydroxylation is 1. The molecule has 2 aromatic heterocycles. The van der Waals surface area contributed by atoms with E-state index in [1.54, 1.807) is 20.1 Å². The number of ether oxygens (including phenoxy) is 1. The molecule has 6 nitrogen and oxygen atoms in total. The highest BCUT2D eigenvalue weighted by molar-refractivity contribution is 5.79. The number of methoxy groups -OCH3 is 1. The van der Waals surface area contributed by atoms with Gasteiger partial charge >= 0.3 is 6.18 Å². The second kappa shape index (κ2) is 8.17. The minimum absolute atomic E-state index is 0.0332. The molecule has 4 rings (SSSR count). The highest BCUT2D eigenvalue weighted by atomic mass is 19.4. The molecule has 164 valence electrons. The Bertz CT molecular complexity index is 927. The van der Waals surface area contributed by atoms with E-state index in [2.05, 4.69) is 10.1 Å². The van der Waals surface area contributed by atoms with E-state index in [9.17, 15) is 18.0 Å². The summed E-state index contributed by atoms with van der Waals surface area (Å²) in [4.78, 5) is 19.1. The molecule has 0 bridgehead atoms. The first kappa shape index (κ1) is 21.1. The number of alkyl halides is 3. The van der Waals surface area contributed by atoms with E-state index in [4.69, 9.17) is 4.74 Å². The van der Waals surface area contributed by atoms with Crippen LogP contribution in [-0.4, -0.2) is 51.7 Å². The van der Waals surface area contributed by atoms with Gasteiger partial charge in [0, 0.05) is 43.8 Å². The summed E-state index contributed by atoms with van der Waals surface area (Å²) in [6.07, 6.45) is 0.293. The van der Waals surface area contributed by atoms with E-state index in [1.165, 1.54) is 0 Å². The first-order valence-electron chi connectivity index (χ1n) is 10.6. The molecule has 2 aliphatic rings. The Hall–Kier alpha value is -2.16. The second-order valence-corrected chi connectivity index (χ2v) is 8.31. The molecule has 2 fully saturated rings. The minimum Gasteiger partial charge on any atom is -0.381 e. The number of aromatic nitrogens is 3. The average Bonchev–Trinajstić information content (AvgIpc) is 3.38. The molecule has 0 unspecified atom stereocenters. The number of rotatable bonds is 4. The minimum atomic E-state index is -4.51. The maximum Gasteiger partial charge on any atom is 0.433 e. The summed E-state index contributed by atoms with van der Waals surface area (Å²) in [5, 5.41) is 4.24. The SMILES string of the molecule is CCc1cc(C(F)(F)F)n2nc([C@@H]3CCN(C(=O)[C@H]4CCC[C@@H](OC)C4)C3)cc2n1. The third kappa shape index (κ3) is 4.04. The zero-order valence-electron chi connectivity index (χ0n) is 17.3. The van der Waals surface area contributed by atoms with Gasteiger partial charge in [-0.15, -0.1) is 0 Å². The molecule has 30 heavy (non-hydrogen) atoms. The van der Waals surface area contributed by atoms with Gasteiger partial charge in [0.05, 0.1) is 11.8 Å². The number of hydrogen-bond acceptors (Lipinski definition) is 4. The molecule has 1 aliphatic carbocycles. The van der Waals surface area contributed by atoms with Crippen LogP contribution in [0, 0.1) is 5.92 Å². The van der Waals surface area contributed by atoms with Gasteiger partial charge in [-0.1, -0.05) is 13.3 Å². The van der Waals surface area contributed by atoms with E-state index in [-0.39, 0.29) is 29.5 Å². The van der Waals surface area contributed by atoms with Crippen LogP contribution < -0.4 is 0 Å². The van der Waals surface area contributed by atoms with E-state index < -0.39 is 11.9 Å². The molecule has 3 heterocycles. The average molecular weight is 424 g/mol. The predicted molar refractivity (Wildman–Crippen MR) is 104 cm³/mol. The smallest absolute Gasteiger partial charge is 0.381 e. The summed E-state index contributed by atoms with van der Waals surface area (Å²) in [7, 11) is 1.68. The first-order valence-corrected chi connectivity index (χ1v) is 10.6. The third-order valence-electron chi connectivity index (χ3n) is 6.38. The lowest BCUT2D eigenvalue weighted by Gasteiger charge is -2.30. The molecule has 2 aromatic rings. The Morgan fingerprint density at radius 2 is 2.07 bits per heavy atom. The molecule has 1 saturated heterocycles. The largest absolute Gasteiger partial charge is 0.433 e. The van der Waals surface area contributed by atoms with Crippen molar-refractivity contribution in [1.29, 1.82) is 0 Å². The summed E-state index contributed by atoms with van der Waals surface area (Å²) < 4.78 is 46.8. The van der Waals surface area contributed by atoms with Gasteiger partial charge in [-0.2, -0.15) is 18.3 Å². The number of carbonyl (C=O) groups excluding carboxylic acids is 1. The highest BCUT2D eigenvalue weighted by Gasteiger charge is 2.37. The van der Waals surface area contributed by atoms with Crippen molar-refractivity contribution in [3.8, 4) is 0 Å². The van der Waals surface area contributed by atoms with Crippen LogP contribution in [0.4, 0.5) is 13.2 Å². The molecule has 0 N–H and O–H groups in total. The fraction of sp³-hybridized carbons (Fsp3) is 0.667. The number of amides is 1. The van der Waals surface area contributed by atoms with Gasteiger partial charge in [-0.05, 0) is 38.2 Å².